The lowest BCUT2D eigenvalue weighted by Gasteiger charge is -2.20. The van der Waals surface area contributed by atoms with Gasteiger partial charge in [0.1, 0.15) is 5.69 Å². The third-order valence-electron chi connectivity index (χ3n) is 5.20. The Hall–Kier alpha value is -3.81. The minimum Gasteiger partial charge on any atom is -0.317 e. The number of benzene rings is 1. The molecule has 0 bridgehead atoms. The molecule has 3 aromatic heterocycles. The van der Waals surface area contributed by atoms with Gasteiger partial charge in [-0.05, 0) is 43.7 Å². The first-order valence-electron chi connectivity index (χ1n) is 10.2. The highest BCUT2D eigenvalue weighted by atomic mass is 32.1. The van der Waals surface area contributed by atoms with E-state index < -0.39 is 41.0 Å². The summed E-state index contributed by atoms with van der Waals surface area (Å²) < 4.78 is 80.9. The fourth-order valence-electron chi connectivity index (χ4n) is 3.37. The summed E-state index contributed by atoms with van der Waals surface area (Å²) in [5, 5.41) is 15.0. The van der Waals surface area contributed by atoms with Crippen LogP contribution in [0, 0.1) is 6.92 Å². The highest BCUT2D eigenvalue weighted by Crippen LogP contribution is 2.40. The fraction of sp³-hybridized carbons (Fsp3) is 0.227. The van der Waals surface area contributed by atoms with E-state index >= 15 is 0 Å². The summed E-state index contributed by atoms with van der Waals surface area (Å²) in [4.78, 5) is 16.8. The van der Waals surface area contributed by atoms with Gasteiger partial charge < -0.3 is 5.32 Å². The lowest BCUT2D eigenvalue weighted by atomic mass is 9.98. The van der Waals surface area contributed by atoms with Crippen LogP contribution in [-0.4, -0.2) is 30.9 Å². The molecule has 4 rings (SSSR count). The number of anilines is 1. The summed E-state index contributed by atoms with van der Waals surface area (Å²) >= 11 is 0.996. The maximum Gasteiger partial charge on any atom is 0.416 e. The smallest absolute Gasteiger partial charge is 0.317 e. The first-order valence-corrected chi connectivity index (χ1v) is 11.1. The van der Waals surface area contributed by atoms with E-state index in [1.165, 1.54) is 20.0 Å². The molecule has 4 aromatic rings. The van der Waals surface area contributed by atoms with Crippen LogP contribution in [-0.2, 0) is 12.4 Å². The average molecular weight is 526 g/mol. The Morgan fingerprint density at radius 2 is 1.81 bits per heavy atom. The van der Waals surface area contributed by atoms with Crippen LogP contribution in [0.25, 0.3) is 10.7 Å². The van der Waals surface area contributed by atoms with Gasteiger partial charge in [0, 0.05) is 12.4 Å². The lowest BCUT2D eigenvalue weighted by molar-refractivity contribution is -0.143. The molecule has 0 radical (unpaired) electrons. The van der Waals surface area contributed by atoms with E-state index in [-0.39, 0.29) is 22.5 Å². The number of alkyl halides is 6. The van der Waals surface area contributed by atoms with E-state index in [0.717, 1.165) is 22.1 Å². The van der Waals surface area contributed by atoms with Crippen LogP contribution in [0.4, 0.5) is 32.0 Å². The zero-order valence-corrected chi connectivity index (χ0v) is 19.3. The predicted molar refractivity (Wildman–Crippen MR) is 118 cm³/mol. The molecule has 1 N–H and O–H groups in total. The van der Waals surface area contributed by atoms with E-state index in [1.54, 1.807) is 24.4 Å². The molecular formula is C22H16F6N6OS. The quantitative estimate of drug-likeness (QED) is 0.322. The van der Waals surface area contributed by atoms with E-state index in [4.69, 9.17) is 0 Å². The molecule has 0 saturated heterocycles. The van der Waals surface area contributed by atoms with E-state index in [2.05, 4.69) is 25.6 Å². The molecule has 1 aromatic carbocycles. The third-order valence-corrected chi connectivity index (χ3v) is 6.15. The highest BCUT2D eigenvalue weighted by Gasteiger charge is 2.39. The molecule has 36 heavy (non-hydrogen) atoms. The number of amides is 1. The van der Waals surface area contributed by atoms with Gasteiger partial charge in [-0.3, -0.25) is 14.5 Å². The molecule has 14 heteroatoms. The third kappa shape index (κ3) is 5.22. The average Bonchev–Trinajstić information content (AvgIpc) is 3.45. The Balaban J connectivity index is 1.59. The van der Waals surface area contributed by atoms with Gasteiger partial charge in [-0.2, -0.15) is 31.4 Å². The zero-order chi connectivity index (χ0) is 26.3. The van der Waals surface area contributed by atoms with Crippen LogP contribution < -0.4 is 5.32 Å². The monoisotopic (exact) mass is 526 g/mol. The minimum atomic E-state index is -5.02. The molecule has 0 saturated carbocycles. The number of aromatic nitrogens is 5. The van der Waals surface area contributed by atoms with Crippen molar-refractivity contribution in [1.82, 2.24) is 25.0 Å². The van der Waals surface area contributed by atoms with Gasteiger partial charge in [-0.1, -0.05) is 23.5 Å². The molecular weight excluding hydrogens is 510 g/mol. The van der Waals surface area contributed by atoms with Crippen LogP contribution in [0.1, 0.15) is 45.2 Å². The second-order valence-corrected chi connectivity index (χ2v) is 8.64. The standard InChI is InChI=1S/C22H16F6N6OS/c1-11-17(30-18(35)20-32-31-19(36-20)16-5-3-4-8-29-16)10-34(33-11)12(2)14-7-6-13(21(23,24)25)9-15(14)22(26,27)28/h3-10,12H,1-2H3,(H,30,35)/t12-/m1/s1. The van der Waals surface area contributed by atoms with Crippen LogP contribution >= 0.6 is 11.3 Å². The van der Waals surface area contributed by atoms with Gasteiger partial charge in [0.15, 0.2) is 5.01 Å². The van der Waals surface area contributed by atoms with Crippen LogP contribution in [0.15, 0.2) is 48.8 Å². The number of aryl methyl sites for hydroxylation is 1. The summed E-state index contributed by atoms with van der Waals surface area (Å²) in [7, 11) is 0. The van der Waals surface area contributed by atoms with Gasteiger partial charge in [0.25, 0.3) is 5.91 Å². The molecule has 1 atom stereocenters. The first-order chi connectivity index (χ1) is 16.8. The molecule has 3 heterocycles. The van der Waals surface area contributed by atoms with E-state index in [1.807, 2.05) is 0 Å². The van der Waals surface area contributed by atoms with Gasteiger partial charge in [-0.15, -0.1) is 10.2 Å². The van der Waals surface area contributed by atoms with Crippen molar-refractivity contribution in [3.8, 4) is 10.7 Å². The number of nitrogens with zero attached hydrogens (tertiary/aromatic N) is 5. The second kappa shape index (κ2) is 9.33. The van der Waals surface area contributed by atoms with Crippen molar-refractivity contribution in [3.63, 3.8) is 0 Å². The number of rotatable bonds is 5. The van der Waals surface area contributed by atoms with E-state index in [0.29, 0.717) is 16.8 Å². The topological polar surface area (TPSA) is 85.6 Å². The molecule has 0 aliphatic rings. The van der Waals surface area contributed by atoms with Crippen molar-refractivity contribution < 1.29 is 31.1 Å². The number of hydrogen-bond acceptors (Lipinski definition) is 6. The molecule has 188 valence electrons. The zero-order valence-electron chi connectivity index (χ0n) is 18.5. The molecule has 0 unspecified atom stereocenters. The summed E-state index contributed by atoms with van der Waals surface area (Å²) in [5.74, 6) is -0.615. The maximum atomic E-state index is 13.6. The Morgan fingerprint density at radius 3 is 2.44 bits per heavy atom. The lowest BCUT2D eigenvalue weighted by Crippen LogP contribution is -2.18. The van der Waals surface area contributed by atoms with Crippen LogP contribution in [0.2, 0.25) is 0 Å². The summed E-state index contributed by atoms with van der Waals surface area (Å²) in [5.41, 5.74) is -2.21. The number of nitrogens with one attached hydrogen (secondary N) is 1. The summed E-state index contributed by atoms with van der Waals surface area (Å²) in [6.45, 7) is 2.88. The molecule has 0 aliphatic carbocycles. The molecule has 0 spiro atoms. The Bertz CT molecular complexity index is 1400. The largest absolute Gasteiger partial charge is 0.416 e. The van der Waals surface area contributed by atoms with Crippen molar-refractivity contribution in [1.29, 1.82) is 0 Å². The Labute approximate surface area is 203 Å². The van der Waals surface area contributed by atoms with Crippen molar-refractivity contribution in [2.45, 2.75) is 32.2 Å². The second-order valence-electron chi connectivity index (χ2n) is 7.66. The normalized spacial score (nSPS) is 13.0. The van der Waals surface area contributed by atoms with Gasteiger partial charge >= 0.3 is 12.4 Å². The number of carbonyl (C=O) groups is 1. The van der Waals surface area contributed by atoms with Crippen LogP contribution in [0.5, 0.6) is 0 Å². The van der Waals surface area contributed by atoms with Crippen molar-refractivity contribution in [2.75, 3.05) is 5.32 Å². The highest BCUT2D eigenvalue weighted by molar-refractivity contribution is 7.16. The maximum absolute atomic E-state index is 13.6. The SMILES string of the molecule is Cc1nn([C@H](C)c2ccc(C(F)(F)F)cc2C(F)(F)F)cc1NC(=O)c1nnc(-c2ccccn2)s1. The molecule has 0 fully saturated rings. The summed E-state index contributed by atoms with van der Waals surface area (Å²) in [6, 6.07) is 5.55. The molecule has 1 amide bonds. The van der Waals surface area contributed by atoms with E-state index in [9.17, 15) is 31.1 Å². The van der Waals surface area contributed by atoms with Gasteiger partial charge in [0.2, 0.25) is 5.01 Å². The van der Waals surface area contributed by atoms with Crippen molar-refractivity contribution >= 4 is 22.9 Å². The van der Waals surface area contributed by atoms with Crippen molar-refractivity contribution in [3.05, 3.63) is 76.2 Å². The molecule has 0 aliphatic heterocycles. The Morgan fingerprint density at radius 1 is 1.06 bits per heavy atom. The summed E-state index contributed by atoms with van der Waals surface area (Å²) in [6.07, 6.45) is -7.08. The van der Waals surface area contributed by atoms with Crippen LogP contribution in [0.3, 0.4) is 0 Å². The fourth-order valence-corrected chi connectivity index (χ4v) is 4.09. The minimum absolute atomic E-state index is 0.0259. The number of pyridine rings is 1. The predicted octanol–water partition coefficient (Wildman–Crippen LogP) is 6.00. The number of hydrogen-bond donors (Lipinski definition) is 1. The number of carbonyl (C=O) groups excluding carboxylic acids is 1. The van der Waals surface area contributed by atoms with Crippen molar-refractivity contribution in [2.24, 2.45) is 0 Å². The first kappa shape index (κ1) is 25.3. The number of halogens is 6. The van der Waals surface area contributed by atoms with Gasteiger partial charge in [-0.25, -0.2) is 0 Å². The Kier molecular flexibility index (Phi) is 6.56. The van der Waals surface area contributed by atoms with Gasteiger partial charge in [0.05, 0.1) is 28.6 Å². The molecule has 7 nitrogen and oxygen atoms in total.